The molecule has 25 heavy (non-hydrogen) atoms. The van der Waals surface area contributed by atoms with E-state index in [2.05, 4.69) is 26.2 Å². The minimum absolute atomic E-state index is 0.0175. The first-order valence-corrected chi connectivity index (χ1v) is 8.31. The Morgan fingerprint density at radius 1 is 1.20 bits per heavy atom. The van der Waals surface area contributed by atoms with Gasteiger partial charge in [0.1, 0.15) is 5.82 Å². The van der Waals surface area contributed by atoms with Crippen LogP contribution in [0.5, 0.6) is 0 Å². The Bertz CT molecular complexity index is 939. The third kappa shape index (κ3) is 3.42. The van der Waals surface area contributed by atoms with Crippen molar-refractivity contribution in [3.8, 4) is 0 Å². The molecule has 3 aromatic rings. The monoisotopic (exact) mass is 410 g/mol. The number of amides is 1. The summed E-state index contributed by atoms with van der Waals surface area (Å²) in [6.45, 7) is 1.55. The van der Waals surface area contributed by atoms with E-state index < -0.39 is 29.8 Å². The zero-order valence-electron chi connectivity index (χ0n) is 13.1. The number of H-pyrrole nitrogens is 1. The molecule has 0 bridgehead atoms. The molecule has 0 spiro atoms. The number of hydrogen-bond donors (Lipinski definition) is 2. The highest BCUT2D eigenvalue weighted by Gasteiger charge is 2.21. The molecular formula is C18H14BrF3N2O. The first-order valence-electron chi connectivity index (χ1n) is 7.52. The van der Waals surface area contributed by atoms with E-state index in [0.29, 0.717) is 11.1 Å². The van der Waals surface area contributed by atoms with E-state index in [-0.39, 0.29) is 5.56 Å². The van der Waals surface area contributed by atoms with Gasteiger partial charge in [0.15, 0.2) is 0 Å². The van der Waals surface area contributed by atoms with Crippen LogP contribution in [0.1, 0.15) is 40.9 Å². The number of halogens is 4. The summed E-state index contributed by atoms with van der Waals surface area (Å²) in [5.41, 5.74) is 0.373. The molecule has 2 N–H and O–H groups in total. The molecule has 0 unspecified atom stereocenters. The minimum atomic E-state index is -2.91. The lowest BCUT2D eigenvalue weighted by atomic mass is 10.0. The van der Waals surface area contributed by atoms with E-state index in [9.17, 15) is 18.0 Å². The number of aromatic amines is 1. The standard InChI is InChI=1S/C18H14BrF3N2O/c1-9(12-3-2-4-13(15(12)20)17(21)22)24-18(25)14-8-11(19)7-10-5-6-23-16(10)14/h2-9,17,23H,1H3,(H,24,25)/t9-/m1/s1. The maximum Gasteiger partial charge on any atom is 0.266 e. The van der Waals surface area contributed by atoms with Crippen LogP contribution in [-0.2, 0) is 0 Å². The van der Waals surface area contributed by atoms with Gasteiger partial charge in [0.05, 0.1) is 22.7 Å². The highest BCUT2D eigenvalue weighted by molar-refractivity contribution is 9.10. The van der Waals surface area contributed by atoms with Gasteiger partial charge < -0.3 is 10.3 Å². The van der Waals surface area contributed by atoms with Crippen molar-refractivity contribution in [1.29, 1.82) is 0 Å². The van der Waals surface area contributed by atoms with Crippen molar-refractivity contribution >= 4 is 32.7 Å². The lowest BCUT2D eigenvalue weighted by Crippen LogP contribution is -2.27. The smallest absolute Gasteiger partial charge is 0.266 e. The second kappa shape index (κ2) is 6.92. The molecule has 0 radical (unpaired) electrons. The first-order chi connectivity index (χ1) is 11.9. The molecule has 1 amide bonds. The van der Waals surface area contributed by atoms with Crippen molar-refractivity contribution < 1.29 is 18.0 Å². The van der Waals surface area contributed by atoms with Crippen LogP contribution in [-0.4, -0.2) is 10.9 Å². The van der Waals surface area contributed by atoms with E-state index in [1.54, 1.807) is 19.2 Å². The van der Waals surface area contributed by atoms with Crippen LogP contribution in [0.25, 0.3) is 10.9 Å². The number of alkyl halides is 2. The molecule has 7 heteroatoms. The summed E-state index contributed by atoms with van der Waals surface area (Å²) < 4.78 is 40.7. The second-order valence-corrected chi connectivity index (χ2v) is 6.56. The van der Waals surface area contributed by atoms with Crippen LogP contribution in [0.2, 0.25) is 0 Å². The average molecular weight is 411 g/mol. The van der Waals surface area contributed by atoms with Crippen molar-refractivity contribution in [2.75, 3.05) is 0 Å². The van der Waals surface area contributed by atoms with Crippen LogP contribution in [0.15, 0.2) is 47.1 Å². The predicted octanol–water partition coefficient (Wildman–Crippen LogP) is 5.50. The molecule has 0 fully saturated rings. The Hall–Kier alpha value is -2.28. The number of carbonyl (C=O) groups is 1. The van der Waals surface area contributed by atoms with Gasteiger partial charge in [0.2, 0.25) is 0 Å². The largest absolute Gasteiger partial charge is 0.361 e. The average Bonchev–Trinajstić information content (AvgIpc) is 3.01. The van der Waals surface area contributed by atoms with Crippen molar-refractivity contribution in [3.05, 3.63) is 69.6 Å². The number of carbonyl (C=O) groups excluding carboxylic acids is 1. The summed E-state index contributed by atoms with van der Waals surface area (Å²) in [7, 11) is 0. The Morgan fingerprint density at radius 3 is 2.64 bits per heavy atom. The van der Waals surface area contributed by atoms with Gasteiger partial charge in [-0.15, -0.1) is 0 Å². The van der Waals surface area contributed by atoms with Crippen molar-refractivity contribution in [2.24, 2.45) is 0 Å². The maximum atomic E-state index is 14.2. The Balaban J connectivity index is 1.90. The third-order valence-corrected chi connectivity index (χ3v) is 4.43. The fourth-order valence-corrected chi connectivity index (χ4v) is 3.21. The van der Waals surface area contributed by atoms with Gasteiger partial charge in [-0.2, -0.15) is 0 Å². The number of benzene rings is 2. The summed E-state index contributed by atoms with van der Waals surface area (Å²) in [5.74, 6) is -1.42. The van der Waals surface area contributed by atoms with E-state index in [1.165, 1.54) is 12.1 Å². The maximum absolute atomic E-state index is 14.2. The number of nitrogens with one attached hydrogen (secondary N) is 2. The molecule has 0 saturated heterocycles. The van der Waals surface area contributed by atoms with E-state index in [1.807, 2.05) is 12.1 Å². The Labute approximate surface area is 150 Å². The molecule has 1 aromatic heterocycles. The summed E-state index contributed by atoms with van der Waals surface area (Å²) in [6, 6.07) is 8.34. The molecule has 1 atom stereocenters. The summed E-state index contributed by atoms with van der Waals surface area (Å²) >= 11 is 3.35. The summed E-state index contributed by atoms with van der Waals surface area (Å²) in [4.78, 5) is 15.6. The predicted molar refractivity (Wildman–Crippen MR) is 93.2 cm³/mol. The van der Waals surface area contributed by atoms with Gasteiger partial charge in [-0.05, 0) is 25.1 Å². The van der Waals surface area contributed by atoms with Crippen LogP contribution in [0.4, 0.5) is 13.2 Å². The molecule has 0 saturated carbocycles. The highest BCUT2D eigenvalue weighted by atomic mass is 79.9. The first kappa shape index (κ1) is 17.5. The Kier molecular flexibility index (Phi) is 4.85. The molecule has 0 aliphatic heterocycles. The van der Waals surface area contributed by atoms with Crippen LogP contribution in [0.3, 0.4) is 0 Å². The van der Waals surface area contributed by atoms with Crippen LogP contribution >= 0.6 is 15.9 Å². The number of aromatic nitrogens is 1. The SMILES string of the molecule is C[C@@H](NC(=O)c1cc(Br)cc2cc[nH]c12)c1cccc(C(F)F)c1F. The highest BCUT2D eigenvalue weighted by Crippen LogP contribution is 2.28. The molecule has 2 aromatic carbocycles. The number of fused-ring (bicyclic) bond motifs is 1. The lowest BCUT2D eigenvalue weighted by Gasteiger charge is -2.17. The topological polar surface area (TPSA) is 44.9 Å². The van der Waals surface area contributed by atoms with Crippen molar-refractivity contribution in [3.63, 3.8) is 0 Å². The minimum Gasteiger partial charge on any atom is -0.361 e. The van der Waals surface area contributed by atoms with Crippen molar-refractivity contribution in [2.45, 2.75) is 19.4 Å². The van der Waals surface area contributed by atoms with Crippen LogP contribution < -0.4 is 5.32 Å². The van der Waals surface area contributed by atoms with Crippen molar-refractivity contribution in [1.82, 2.24) is 10.3 Å². The molecular weight excluding hydrogens is 397 g/mol. The van der Waals surface area contributed by atoms with Gasteiger partial charge in [0.25, 0.3) is 12.3 Å². The van der Waals surface area contributed by atoms with Gasteiger partial charge >= 0.3 is 0 Å². The number of hydrogen-bond acceptors (Lipinski definition) is 1. The second-order valence-electron chi connectivity index (χ2n) is 5.64. The van der Waals surface area contributed by atoms with Gasteiger partial charge in [-0.3, -0.25) is 4.79 Å². The quantitative estimate of drug-likeness (QED) is 0.585. The molecule has 3 nitrogen and oxygen atoms in total. The molecule has 3 rings (SSSR count). The lowest BCUT2D eigenvalue weighted by molar-refractivity contribution is 0.0940. The van der Waals surface area contributed by atoms with Gasteiger partial charge in [0, 0.05) is 21.6 Å². The van der Waals surface area contributed by atoms with E-state index in [0.717, 1.165) is 15.9 Å². The van der Waals surface area contributed by atoms with Crippen LogP contribution in [0, 0.1) is 5.82 Å². The van der Waals surface area contributed by atoms with Gasteiger partial charge in [-0.1, -0.05) is 34.1 Å². The Morgan fingerprint density at radius 2 is 1.92 bits per heavy atom. The van der Waals surface area contributed by atoms with E-state index >= 15 is 0 Å². The molecule has 130 valence electrons. The summed E-state index contributed by atoms with van der Waals surface area (Å²) in [5, 5.41) is 3.51. The normalized spacial score (nSPS) is 12.6. The van der Waals surface area contributed by atoms with E-state index in [4.69, 9.17) is 0 Å². The summed E-state index contributed by atoms with van der Waals surface area (Å²) in [6.07, 6.45) is -1.20. The zero-order valence-corrected chi connectivity index (χ0v) is 14.7. The fourth-order valence-electron chi connectivity index (χ4n) is 2.74. The van der Waals surface area contributed by atoms with Gasteiger partial charge in [-0.25, -0.2) is 13.2 Å². The number of rotatable bonds is 4. The zero-order chi connectivity index (χ0) is 18.1. The molecule has 0 aliphatic rings. The fraction of sp³-hybridized carbons (Fsp3) is 0.167. The third-order valence-electron chi connectivity index (χ3n) is 3.98. The molecule has 1 heterocycles. The molecule has 0 aliphatic carbocycles.